The number of amides is 1. The zero-order valence-electron chi connectivity index (χ0n) is 18.4. The topological polar surface area (TPSA) is 125 Å². The Hall–Kier alpha value is -4.44. The van der Waals surface area contributed by atoms with Crippen molar-refractivity contribution in [3.05, 3.63) is 105 Å². The van der Waals surface area contributed by atoms with Crippen LogP contribution in [0.5, 0.6) is 5.75 Å². The second-order valence-corrected chi connectivity index (χ2v) is 8.50. The van der Waals surface area contributed by atoms with Gasteiger partial charge in [0, 0.05) is 19.2 Å². The van der Waals surface area contributed by atoms with Crippen molar-refractivity contribution < 1.29 is 24.4 Å². The number of hydrogen-bond acceptors (Lipinski definition) is 8. The third-order valence-corrected chi connectivity index (χ3v) is 6.08. The Kier molecular flexibility index (Phi) is 6.93. The van der Waals surface area contributed by atoms with Gasteiger partial charge < -0.3 is 14.6 Å². The van der Waals surface area contributed by atoms with Gasteiger partial charge in [0.2, 0.25) is 0 Å². The first-order valence-electron chi connectivity index (χ1n) is 10.3. The number of carbonyl (C=O) groups is 2. The van der Waals surface area contributed by atoms with Gasteiger partial charge in [0.1, 0.15) is 12.4 Å². The molecule has 0 aromatic heterocycles. The van der Waals surface area contributed by atoms with E-state index >= 15 is 0 Å². The summed E-state index contributed by atoms with van der Waals surface area (Å²) in [5, 5.41) is 22.4. The van der Waals surface area contributed by atoms with Gasteiger partial charge in [-0.1, -0.05) is 36.4 Å². The zero-order valence-corrected chi connectivity index (χ0v) is 19.2. The molecule has 0 spiro atoms. The first kappa shape index (κ1) is 23.7. The number of non-ortho nitro benzene ring substituents is 1. The Morgan fingerprint density at radius 2 is 1.86 bits per heavy atom. The number of thioether (sulfide) groups is 1. The van der Waals surface area contributed by atoms with Crippen LogP contribution in [0.15, 0.2) is 82.7 Å². The maximum absolute atomic E-state index is 12.7. The fourth-order valence-electron chi connectivity index (χ4n) is 3.20. The molecule has 3 aromatic carbocycles. The third-order valence-electron chi connectivity index (χ3n) is 5.01. The van der Waals surface area contributed by atoms with Crippen LogP contribution in [0.25, 0.3) is 6.08 Å². The van der Waals surface area contributed by atoms with E-state index in [2.05, 4.69) is 4.99 Å². The Balaban J connectivity index is 1.44. The van der Waals surface area contributed by atoms with Crippen LogP contribution >= 0.6 is 11.8 Å². The molecular weight excluding hydrogens is 470 g/mol. The van der Waals surface area contributed by atoms with E-state index in [0.717, 1.165) is 5.56 Å². The first-order chi connectivity index (χ1) is 16.8. The molecular formula is C25H18N3O6S-. The number of nitrogens with zero attached hydrogens (tertiary/aromatic N) is 3. The van der Waals surface area contributed by atoms with Crippen LogP contribution < -0.4 is 9.84 Å². The van der Waals surface area contributed by atoms with Crippen LogP contribution in [-0.2, 0) is 11.4 Å². The molecule has 10 heteroatoms. The molecule has 0 radical (unpaired) electrons. The number of amidine groups is 1. The van der Waals surface area contributed by atoms with Gasteiger partial charge in [-0.25, -0.2) is 4.99 Å². The van der Waals surface area contributed by atoms with Crippen LogP contribution in [-0.4, -0.2) is 33.9 Å². The largest absolute Gasteiger partial charge is 0.545 e. The number of rotatable bonds is 7. The average molecular weight is 489 g/mol. The summed E-state index contributed by atoms with van der Waals surface area (Å²) in [6, 6.07) is 19.3. The smallest absolute Gasteiger partial charge is 0.269 e. The minimum atomic E-state index is -1.30. The molecule has 9 nitrogen and oxygen atoms in total. The summed E-state index contributed by atoms with van der Waals surface area (Å²) in [5.74, 6) is -0.944. The van der Waals surface area contributed by atoms with Crippen molar-refractivity contribution in [1.82, 2.24) is 4.90 Å². The van der Waals surface area contributed by atoms with Gasteiger partial charge in [-0.05, 0) is 58.8 Å². The molecule has 0 aliphatic carbocycles. The lowest BCUT2D eigenvalue weighted by Gasteiger charge is -2.08. The Morgan fingerprint density at radius 3 is 2.57 bits per heavy atom. The van der Waals surface area contributed by atoms with Gasteiger partial charge >= 0.3 is 0 Å². The van der Waals surface area contributed by atoms with Gasteiger partial charge in [-0.3, -0.25) is 19.8 Å². The lowest BCUT2D eigenvalue weighted by Crippen LogP contribution is -2.23. The maximum Gasteiger partial charge on any atom is 0.269 e. The van der Waals surface area contributed by atoms with E-state index < -0.39 is 10.9 Å². The van der Waals surface area contributed by atoms with Gasteiger partial charge in [-0.2, -0.15) is 0 Å². The van der Waals surface area contributed by atoms with Crippen molar-refractivity contribution in [1.29, 1.82) is 0 Å². The van der Waals surface area contributed by atoms with Crippen LogP contribution in [0.4, 0.5) is 11.4 Å². The Morgan fingerprint density at radius 1 is 1.11 bits per heavy atom. The predicted octanol–water partition coefficient (Wildman–Crippen LogP) is 3.77. The van der Waals surface area contributed by atoms with Crippen molar-refractivity contribution in [2.24, 2.45) is 4.99 Å². The number of carbonyl (C=O) groups excluding carboxylic acids is 2. The molecule has 35 heavy (non-hydrogen) atoms. The monoisotopic (exact) mass is 488 g/mol. The summed E-state index contributed by atoms with van der Waals surface area (Å²) in [7, 11) is 1.60. The van der Waals surface area contributed by atoms with E-state index in [9.17, 15) is 24.8 Å². The summed E-state index contributed by atoms with van der Waals surface area (Å²) in [5.41, 5.74) is 1.87. The Bertz CT molecular complexity index is 1370. The molecule has 1 aliphatic heterocycles. The lowest BCUT2D eigenvalue weighted by atomic mass is 10.2. The fourth-order valence-corrected chi connectivity index (χ4v) is 4.19. The Labute approximate surface area is 204 Å². The third kappa shape index (κ3) is 5.74. The molecule has 0 bridgehead atoms. The van der Waals surface area contributed by atoms with E-state index in [1.54, 1.807) is 61.7 Å². The fraction of sp³-hybridized carbons (Fsp3) is 0.0800. The predicted molar refractivity (Wildman–Crippen MR) is 130 cm³/mol. The molecule has 0 atom stereocenters. The van der Waals surface area contributed by atoms with Crippen LogP contribution in [0.1, 0.15) is 21.5 Å². The number of aromatic carboxylic acids is 1. The number of likely N-dealkylation sites (N-methyl/N-ethyl adjacent to an activating group) is 1. The van der Waals surface area contributed by atoms with Crippen molar-refractivity contribution in [2.45, 2.75) is 6.61 Å². The number of aliphatic imine (C=N–C) groups is 1. The molecule has 0 N–H and O–H groups in total. The van der Waals surface area contributed by atoms with E-state index in [1.165, 1.54) is 40.9 Å². The molecule has 176 valence electrons. The number of nitro groups is 1. The summed E-state index contributed by atoms with van der Waals surface area (Å²) in [6.07, 6.45) is 1.73. The van der Waals surface area contributed by atoms with E-state index in [4.69, 9.17) is 4.74 Å². The quantitative estimate of drug-likeness (QED) is 0.282. The number of carboxylic acid groups (broad SMARTS) is 1. The van der Waals surface area contributed by atoms with Gasteiger partial charge in [-0.15, -0.1) is 0 Å². The second kappa shape index (κ2) is 10.2. The van der Waals surface area contributed by atoms with Crippen molar-refractivity contribution >= 4 is 46.3 Å². The molecule has 0 unspecified atom stereocenters. The highest BCUT2D eigenvalue weighted by molar-refractivity contribution is 8.18. The van der Waals surface area contributed by atoms with E-state index in [1.807, 2.05) is 0 Å². The highest BCUT2D eigenvalue weighted by Crippen LogP contribution is 2.33. The van der Waals surface area contributed by atoms with Crippen LogP contribution in [0, 0.1) is 10.1 Å². The first-order valence-corrected chi connectivity index (χ1v) is 11.2. The minimum absolute atomic E-state index is 0.00581. The number of benzene rings is 3. The van der Waals surface area contributed by atoms with Crippen molar-refractivity contribution in [3.63, 3.8) is 0 Å². The number of nitro benzene ring substituents is 1. The molecule has 1 aliphatic rings. The highest BCUT2D eigenvalue weighted by Gasteiger charge is 2.30. The molecule has 1 heterocycles. The summed E-state index contributed by atoms with van der Waals surface area (Å²) in [6.45, 7) is 0.181. The summed E-state index contributed by atoms with van der Waals surface area (Å²) >= 11 is 1.18. The lowest BCUT2D eigenvalue weighted by molar-refractivity contribution is -0.384. The van der Waals surface area contributed by atoms with Crippen LogP contribution in [0.3, 0.4) is 0 Å². The molecule has 4 rings (SSSR count). The van der Waals surface area contributed by atoms with Gasteiger partial charge in [0.25, 0.3) is 11.6 Å². The van der Waals surface area contributed by atoms with E-state index in [0.29, 0.717) is 27.1 Å². The molecule has 1 amide bonds. The maximum atomic E-state index is 12.7. The zero-order chi connectivity index (χ0) is 24.9. The second-order valence-electron chi connectivity index (χ2n) is 7.49. The van der Waals surface area contributed by atoms with Gasteiger partial charge in [0.05, 0.1) is 21.5 Å². The van der Waals surface area contributed by atoms with Crippen molar-refractivity contribution in [2.75, 3.05) is 7.05 Å². The van der Waals surface area contributed by atoms with Crippen LogP contribution in [0.2, 0.25) is 0 Å². The average Bonchev–Trinajstić information content (AvgIpc) is 3.11. The summed E-state index contributed by atoms with van der Waals surface area (Å²) < 4.78 is 5.71. The SMILES string of the molecule is CN1C(=O)/C(=C/c2ccc(OCc3cccc([N+](=O)[O-])c3)cc2)SC1=Nc1cccc(C(=O)[O-])c1. The van der Waals surface area contributed by atoms with Gasteiger partial charge in [0.15, 0.2) is 5.17 Å². The summed E-state index contributed by atoms with van der Waals surface area (Å²) in [4.78, 5) is 40.4. The molecule has 3 aromatic rings. The molecule has 1 fully saturated rings. The minimum Gasteiger partial charge on any atom is -0.545 e. The number of ether oxygens (including phenoxy) is 1. The molecule has 1 saturated heterocycles. The number of hydrogen-bond donors (Lipinski definition) is 0. The highest BCUT2D eigenvalue weighted by atomic mass is 32.2. The van der Waals surface area contributed by atoms with Crippen molar-refractivity contribution in [3.8, 4) is 5.75 Å². The molecule has 0 saturated carbocycles. The van der Waals surface area contributed by atoms with E-state index in [-0.39, 0.29) is 23.8 Å². The normalized spacial score (nSPS) is 15.6. The number of carboxylic acids is 1. The standard InChI is InChI=1S/C25H19N3O6S/c1-27-23(29)22(35-25(27)26-19-6-3-5-18(14-19)24(30)31)13-16-8-10-21(11-9-16)34-15-17-4-2-7-20(12-17)28(32)33/h2-14H,15H2,1H3,(H,30,31)/p-1/b22-13-,26-25?.